The first-order valence-corrected chi connectivity index (χ1v) is 7.31. The van der Waals surface area contributed by atoms with Crippen LogP contribution < -0.4 is 15.8 Å². The van der Waals surface area contributed by atoms with Crippen molar-refractivity contribution in [1.29, 1.82) is 0 Å². The minimum absolute atomic E-state index is 0.0713. The summed E-state index contributed by atoms with van der Waals surface area (Å²) < 4.78 is 6.51. The van der Waals surface area contributed by atoms with Crippen LogP contribution in [0.3, 0.4) is 0 Å². The number of hydrogen-bond donors (Lipinski definition) is 2. The average molecular weight is 327 g/mol. The molecule has 1 aliphatic carbocycles. The highest BCUT2D eigenvalue weighted by atomic mass is 79.9. The summed E-state index contributed by atoms with van der Waals surface area (Å²) in [6.45, 7) is 2.26. The van der Waals surface area contributed by atoms with E-state index in [4.69, 9.17) is 10.5 Å². The van der Waals surface area contributed by atoms with Crippen LogP contribution in [-0.2, 0) is 4.79 Å². The van der Waals surface area contributed by atoms with Crippen LogP contribution in [0.15, 0.2) is 28.7 Å². The highest BCUT2D eigenvalue weighted by Crippen LogP contribution is 2.31. The summed E-state index contributed by atoms with van der Waals surface area (Å²) in [5.41, 5.74) is 5.94. The summed E-state index contributed by atoms with van der Waals surface area (Å²) >= 11 is 3.36. The Morgan fingerprint density at radius 2 is 2.32 bits per heavy atom. The minimum atomic E-state index is -0.527. The van der Waals surface area contributed by atoms with E-state index in [1.165, 1.54) is 12.8 Å². The number of carbonyl (C=O) groups is 1. The lowest BCUT2D eigenvalue weighted by molar-refractivity contribution is -0.127. The maximum Gasteiger partial charge on any atom is 0.260 e. The fourth-order valence-corrected chi connectivity index (χ4v) is 2.23. The molecule has 0 saturated heterocycles. The maximum atomic E-state index is 11.9. The van der Waals surface area contributed by atoms with Crippen molar-refractivity contribution in [2.45, 2.75) is 31.9 Å². The molecule has 0 spiro atoms. The molecule has 19 heavy (non-hydrogen) atoms. The lowest BCUT2D eigenvalue weighted by Crippen LogP contribution is -2.43. The number of nitrogens with one attached hydrogen (secondary N) is 1. The van der Waals surface area contributed by atoms with Crippen molar-refractivity contribution < 1.29 is 9.53 Å². The van der Waals surface area contributed by atoms with Crippen LogP contribution in [0.1, 0.15) is 19.8 Å². The molecule has 1 aromatic carbocycles. The van der Waals surface area contributed by atoms with Gasteiger partial charge in [0.2, 0.25) is 0 Å². The first-order chi connectivity index (χ1) is 9.06. The topological polar surface area (TPSA) is 64.3 Å². The SMILES string of the molecule is CC(Oc1cccc(Br)c1)C(=O)NCC(N)C1CC1. The van der Waals surface area contributed by atoms with E-state index in [-0.39, 0.29) is 11.9 Å². The molecule has 0 aliphatic heterocycles. The van der Waals surface area contributed by atoms with Crippen molar-refractivity contribution in [2.75, 3.05) is 6.54 Å². The second-order valence-corrected chi connectivity index (χ2v) is 5.88. The highest BCUT2D eigenvalue weighted by Gasteiger charge is 2.28. The number of benzene rings is 1. The summed E-state index contributed by atoms with van der Waals surface area (Å²) in [7, 11) is 0. The molecule has 2 rings (SSSR count). The third kappa shape index (κ3) is 4.51. The summed E-state index contributed by atoms with van der Waals surface area (Å²) in [6, 6.07) is 7.51. The Morgan fingerprint density at radius 1 is 1.58 bits per heavy atom. The van der Waals surface area contributed by atoms with E-state index in [1.54, 1.807) is 6.92 Å². The maximum absolute atomic E-state index is 11.9. The van der Waals surface area contributed by atoms with Gasteiger partial charge in [-0.3, -0.25) is 4.79 Å². The van der Waals surface area contributed by atoms with Gasteiger partial charge in [0, 0.05) is 17.1 Å². The number of carbonyl (C=O) groups excluding carboxylic acids is 1. The Balaban J connectivity index is 1.78. The van der Waals surface area contributed by atoms with Crippen molar-refractivity contribution in [3.05, 3.63) is 28.7 Å². The van der Waals surface area contributed by atoms with Gasteiger partial charge in [0.15, 0.2) is 6.10 Å². The normalized spacial score (nSPS) is 17.6. The van der Waals surface area contributed by atoms with Crippen LogP contribution in [0.5, 0.6) is 5.75 Å². The third-order valence-electron chi connectivity index (χ3n) is 3.22. The van der Waals surface area contributed by atoms with Gasteiger partial charge < -0.3 is 15.8 Å². The van der Waals surface area contributed by atoms with Crippen LogP contribution >= 0.6 is 15.9 Å². The zero-order chi connectivity index (χ0) is 13.8. The van der Waals surface area contributed by atoms with Crippen molar-refractivity contribution in [2.24, 2.45) is 11.7 Å². The zero-order valence-electron chi connectivity index (χ0n) is 10.9. The predicted octanol–water partition coefficient (Wildman–Crippen LogP) is 2.07. The number of ether oxygens (including phenoxy) is 1. The molecular weight excluding hydrogens is 308 g/mol. The molecular formula is C14H19BrN2O2. The Bertz CT molecular complexity index is 449. The van der Waals surface area contributed by atoms with Gasteiger partial charge in [-0.2, -0.15) is 0 Å². The van der Waals surface area contributed by atoms with Crippen molar-refractivity contribution >= 4 is 21.8 Å². The monoisotopic (exact) mass is 326 g/mol. The van der Waals surface area contributed by atoms with E-state index in [0.717, 1.165) is 4.47 Å². The predicted molar refractivity (Wildman–Crippen MR) is 77.9 cm³/mol. The molecule has 4 nitrogen and oxygen atoms in total. The van der Waals surface area contributed by atoms with Gasteiger partial charge in [-0.1, -0.05) is 22.0 Å². The lowest BCUT2D eigenvalue weighted by atomic mass is 10.2. The number of nitrogens with two attached hydrogens (primary N) is 1. The molecule has 0 bridgehead atoms. The third-order valence-corrected chi connectivity index (χ3v) is 3.71. The van der Waals surface area contributed by atoms with Gasteiger partial charge in [0.1, 0.15) is 5.75 Å². The van der Waals surface area contributed by atoms with E-state index in [2.05, 4.69) is 21.2 Å². The van der Waals surface area contributed by atoms with E-state index in [0.29, 0.717) is 18.2 Å². The van der Waals surface area contributed by atoms with Gasteiger partial charge in [0.05, 0.1) is 0 Å². The molecule has 0 heterocycles. The summed E-state index contributed by atoms with van der Waals surface area (Å²) in [4.78, 5) is 11.9. The van der Waals surface area contributed by atoms with Crippen LogP contribution in [0.25, 0.3) is 0 Å². The molecule has 0 radical (unpaired) electrons. The van der Waals surface area contributed by atoms with E-state index in [1.807, 2.05) is 24.3 Å². The zero-order valence-corrected chi connectivity index (χ0v) is 12.5. The van der Waals surface area contributed by atoms with E-state index in [9.17, 15) is 4.79 Å². The summed E-state index contributed by atoms with van der Waals surface area (Å²) in [5, 5.41) is 2.84. The molecule has 3 N–H and O–H groups in total. The van der Waals surface area contributed by atoms with Crippen LogP contribution in [-0.4, -0.2) is 24.6 Å². The molecule has 2 unspecified atom stereocenters. The van der Waals surface area contributed by atoms with Gasteiger partial charge in [0.25, 0.3) is 5.91 Å². The smallest absolute Gasteiger partial charge is 0.260 e. The van der Waals surface area contributed by atoms with Gasteiger partial charge in [-0.25, -0.2) is 0 Å². The second kappa shape index (κ2) is 6.39. The molecule has 104 valence electrons. The van der Waals surface area contributed by atoms with Gasteiger partial charge >= 0.3 is 0 Å². The molecule has 1 fully saturated rings. The number of amides is 1. The largest absolute Gasteiger partial charge is 0.481 e. The van der Waals surface area contributed by atoms with Gasteiger partial charge in [-0.05, 0) is 43.9 Å². The van der Waals surface area contributed by atoms with Crippen molar-refractivity contribution in [1.82, 2.24) is 5.32 Å². The van der Waals surface area contributed by atoms with E-state index >= 15 is 0 Å². The summed E-state index contributed by atoms with van der Waals surface area (Å²) in [5.74, 6) is 1.13. The molecule has 1 saturated carbocycles. The molecule has 1 amide bonds. The number of hydrogen-bond acceptors (Lipinski definition) is 3. The standard InChI is InChI=1S/C14H19BrN2O2/c1-9(19-12-4-2-3-11(15)7-12)14(18)17-8-13(16)10-5-6-10/h2-4,7,9-10,13H,5-6,8,16H2,1H3,(H,17,18). The number of rotatable bonds is 6. The molecule has 2 atom stereocenters. The fourth-order valence-electron chi connectivity index (χ4n) is 1.85. The van der Waals surface area contributed by atoms with Crippen LogP contribution in [0, 0.1) is 5.92 Å². The van der Waals surface area contributed by atoms with Crippen molar-refractivity contribution in [3.63, 3.8) is 0 Å². The van der Waals surface area contributed by atoms with Gasteiger partial charge in [-0.15, -0.1) is 0 Å². The minimum Gasteiger partial charge on any atom is -0.481 e. The second-order valence-electron chi connectivity index (χ2n) is 4.96. The first-order valence-electron chi connectivity index (χ1n) is 6.52. The number of halogens is 1. The first kappa shape index (κ1) is 14.3. The van der Waals surface area contributed by atoms with Crippen molar-refractivity contribution in [3.8, 4) is 5.75 Å². The Hall–Kier alpha value is -1.07. The molecule has 1 aromatic rings. The molecule has 5 heteroatoms. The highest BCUT2D eigenvalue weighted by molar-refractivity contribution is 9.10. The Labute approximate surface area is 121 Å². The fraction of sp³-hybridized carbons (Fsp3) is 0.500. The van der Waals surface area contributed by atoms with Crippen LogP contribution in [0.4, 0.5) is 0 Å². The average Bonchev–Trinajstić information content (AvgIpc) is 3.19. The Kier molecular flexibility index (Phi) is 4.82. The molecule has 0 aromatic heterocycles. The van der Waals surface area contributed by atoms with Crippen LogP contribution in [0.2, 0.25) is 0 Å². The summed E-state index contributed by atoms with van der Waals surface area (Å²) in [6.07, 6.45) is 1.84. The lowest BCUT2D eigenvalue weighted by Gasteiger charge is -2.17. The van der Waals surface area contributed by atoms with E-state index < -0.39 is 6.10 Å². The quantitative estimate of drug-likeness (QED) is 0.841. The Morgan fingerprint density at radius 3 is 2.95 bits per heavy atom. The molecule has 1 aliphatic rings.